The second-order valence-corrected chi connectivity index (χ2v) is 11.7. The van der Waals surface area contributed by atoms with Gasteiger partial charge in [-0.25, -0.2) is 0 Å². The molecule has 7 heteroatoms. The Hall–Kier alpha value is -3.40. The number of hydrogen-bond acceptors (Lipinski definition) is 7. The molecule has 0 aromatic heterocycles. The van der Waals surface area contributed by atoms with Crippen molar-refractivity contribution >= 4 is 0 Å². The van der Waals surface area contributed by atoms with E-state index >= 15 is 0 Å². The maximum absolute atomic E-state index is 6.14. The first kappa shape index (κ1) is 36.4. The van der Waals surface area contributed by atoms with Gasteiger partial charge in [-0.15, -0.1) is 0 Å². The first-order chi connectivity index (χ1) is 23.3. The Kier molecular flexibility index (Phi) is 18.5. The van der Waals surface area contributed by atoms with Crippen molar-refractivity contribution < 1.29 is 18.9 Å². The summed E-state index contributed by atoms with van der Waals surface area (Å²) in [5.41, 5.74) is 4.77. The number of benzene rings is 4. The van der Waals surface area contributed by atoms with Gasteiger partial charge in [0.05, 0.1) is 39.6 Å². The van der Waals surface area contributed by atoms with E-state index in [4.69, 9.17) is 18.9 Å². The molecule has 4 aromatic carbocycles. The summed E-state index contributed by atoms with van der Waals surface area (Å²) in [6.45, 7) is 8.46. The van der Waals surface area contributed by atoms with Crippen LogP contribution in [0.1, 0.15) is 35.1 Å². The van der Waals surface area contributed by atoms with Gasteiger partial charge >= 0.3 is 0 Å². The molecular weight excluding hydrogens is 586 g/mol. The fourth-order valence-electron chi connectivity index (χ4n) is 5.09. The molecule has 7 nitrogen and oxygen atoms in total. The Morgan fingerprint density at radius 3 is 1.06 bits per heavy atom. The van der Waals surface area contributed by atoms with Gasteiger partial charge in [0.1, 0.15) is 0 Å². The van der Waals surface area contributed by atoms with E-state index in [1.165, 1.54) is 22.3 Å². The van der Waals surface area contributed by atoms with Crippen molar-refractivity contribution in [3.8, 4) is 0 Å². The van der Waals surface area contributed by atoms with Crippen LogP contribution in [-0.2, 0) is 45.4 Å². The molecule has 0 spiro atoms. The molecule has 2 atom stereocenters. The maximum Gasteiger partial charge on any atom is 0.0717 e. The van der Waals surface area contributed by atoms with Crippen LogP contribution < -0.4 is 16.0 Å². The molecule has 0 amide bonds. The smallest absolute Gasteiger partial charge is 0.0717 e. The molecule has 0 heterocycles. The molecule has 252 valence electrons. The third-order valence-electron chi connectivity index (χ3n) is 7.66. The highest BCUT2D eigenvalue weighted by Gasteiger charge is 2.13. The van der Waals surface area contributed by atoms with Gasteiger partial charge in [-0.2, -0.15) is 0 Å². The molecule has 0 fully saturated rings. The minimum absolute atomic E-state index is 0.171. The van der Waals surface area contributed by atoms with Crippen molar-refractivity contribution in [3.05, 3.63) is 144 Å². The van der Waals surface area contributed by atoms with E-state index in [1.54, 1.807) is 0 Å². The van der Waals surface area contributed by atoms with Crippen LogP contribution in [0.3, 0.4) is 0 Å². The minimum atomic E-state index is 0.171. The van der Waals surface area contributed by atoms with Crippen LogP contribution in [0.5, 0.6) is 0 Å². The molecule has 47 heavy (non-hydrogen) atoms. The standard InChI is InChI=1S/C40H53N3O4/c1-5-15-35(16-6-1)29-44-25-13-23-42-39(33-46-31-37-19-9-3-10-20-37)27-41-28-40(34-47-32-38-21-11-4-12-22-38)43-24-14-26-45-30-36-17-7-2-8-18-36/h1-12,15-22,39-43H,13-14,23-34H2. The first-order valence-electron chi connectivity index (χ1n) is 17.0. The van der Waals surface area contributed by atoms with Gasteiger partial charge < -0.3 is 34.9 Å². The highest BCUT2D eigenvalue weighted by atomic mass is 16.5. The van der Waals surface area contributed by atoms with E-state index in [1.807, 2.05) is 72.8 Å². The summed E-state index contributed by atoms with van der Waals surface area (Å²) in [6, 6.07) is 41.6. The lowest BCUT2D eigenvalue weighted by atomic mass is 10.2. The Morgan fingerprint density at radius 2 is 0.723 bits per heavy atom. The molecule has 4 rings (SSSR count). The average Bonchev–Trinajstić information content (AvgIpc) is 3.12. The number of ether oxygens (including phenoxy) is 4. The van der Waals surface area contributed by atoms with Gasteiger partial charge in [0.15, 0.2) is 0 Å². The van der Waals surface area contributed by atoms with Gasteiger partial charge in [-0.3, -0.25) is 0 Å². The molecule has 0 radical (unpaired) electrons. The van der Waals surface area contributed by atoms with Crippen LogP contribution in [-0.4, -0.2) is 64.7 Å². The number of nitrogens with one attached hydrogen (secondary N) is 3. The van der Waals surface area contributed by atoms with E-state index in [9.17, 15) is 0 Å². The molecule has 2 unspecified atom stereocenters. The minimum Gasteiger partial charge on any atom is -0.377 e. The Labute approximate surface area is 282 Å². The van der Waals surface area contributed by atoms with Crippen LogP contribution in [0.15, 0.2) is 121 Å². The van der Waals surface area contributed by atoms with Gasteiger partial charge in [0, 0.05) is 38.4 Å². The Balaban J connectivity index is 1.19. The predicted molar refractivity (Wildman–Crippen MR) is 190 cm³/mol. The summed E-state index contributed by atoms with van der Waals surface area (Å²) in [7, 11) is 0. The second kappa shape index (κ2) is 23.8. The van der Waals surface area contributed by atoms with Crippen molar-refractivity contribution in [1.82, 2.24) is 16.0 Å². The summed E-state index contributed by atoms with van der Waals surface area (Å²) in [6.07, 6.45) is 1.87. The third-order valence-corrected chi connectivity index (χ3v) is 7.66. The molecule has 0 saturated heterocycles. The quantitative estimate of drug-likeness (QED) is 0.0714. The molecule has 3 N–H and O–H groups in total. The molecule has 0 aliphatic heterocycles. The fraction of sp³-hybridized carbons (Fsp3) is 0.400. The van der Waals surface area contributed by atoms with Gasteiger partial charge in [0.2, 0.25) is 0 Å². The highest BCUT2D eigenvalue weighted by Crippen LogP contribution is 2.04. The zero-order chi connectivity index (χ0) is 32.5. The molecule has 0 aliphatic rings. The lowest BCUT2D eigenvalue weighted by Crippen LogP contribution is -2.48. The van der Waals surface area contributed by atoms with E-state index in [-0.39, 0.29) is 12.1 Å². The van der Waals surface area contributed by atoms with Crippen LogP contribution >= 0.6 is 0 Å². The first-order valence-corrected chi connectivity index (χ1v) is 17.0. The Morgan fingerprint density at radius 1 is 0.404 bits per heavy atom. The van der Waals surface area contributed by atoms with Crippen molar-refractivity contribution in [2.45, 2.75) is 51.4 Å². The van der Waals surface area contributed by atoms with Gasteiger partial charge in [0.25, 0.3) is 0 Å². The van der Waals surface area contributed by atoms with E-state index < -0.39 is 0 Å². The summed E-state index contributed by atoms with van der Waals surface area (Å²) in [5.74, 6) is 0. The summed E-state index contributed by atoms with van der Waals surface area (Å²) in [5, 5.41) is 11.1. The summed E-state index contributed by atoms with van der Waals surface area (Å²) < 4.78 is 24.0. The lowest BCUT2D eigenvalue weighted by Gasteiger charge is -2.23. The molecule has 0 aliphatic carbocycles. The molecule has 4 aromatic rings. The van der Waals surface area contributed by atoms with Crippen LogP contribution in [0.25, 0.3) is 0 Å². The summed E-state index contributed by atoms with van der Waals surface area (Å²) in [4.78, 5) is 0. The van der Waals surface area contributed by atoms with E-state index in [2.05, 4.69) is 64.5 Å². The average molecular weight is 640 g/mol. The number of hydrogen-bond donors (Lipinski definition) is 3. The van der Waals surface area contributed by atoms with Crippen molar-refractivity contribution in [2.75, 3.05) is 52.6 Å². The SMILES string of the molecule is c1ccc(COCCCNC(CNCC(COCc2ccccc2)NCCCOCc2ccccc2)COCc2ccccc2)cc1. The normalized spacial score (nSPS) is 12.6. The molecule has 0 bridgehead atoms. The third kappa shape index (κ3) is 16.8. The molecule has 0 saturated carbocycles. The zero-order valence-electron chi connectivity index (χ0n) is 27.7. The van der Waals surface area contributed by atoms with Crippen molar-refractivity contribution in [3.63, 3.8) is 0 Å². The lowest BCUT2D eigenvalue weighted by molar-refractivity contribution is 0.0877. The van der Waals surface area contributed by atoms with Crippen LogP contribution in [0.4, 0.5) is 0 Å². The number of rotatable bonds is 26. The summed E-state index contributed by atoms with van der Waals surface area (Å²) >= 11 is 0. The van der Waals surface area contributed by atoms with Crippen LogP contribution in [0.2, 0.25) is 0 Å². The predicted octanol–water partition coefficient (Wildman–Crippen LogP) is 6.14. The van der Waals surface area contributed by atoms with Crippen molar-refractivity contribution in [1.29, 1.82) is 0 Å². The largest absolute Gasteiger partial charge is 0.377 e. The van der Waals surface area contributed by atoms with E-state index in [0.29, 0.717) is 52.9 Å². The second-order valence-electron chi connectivity index (χ2n) is 11.7. The Bertz CT molecular complexity index is 1180. The monoisotopic (exact) mass is 639 g/mol. The van der Waals surface area contributed by atoms with Gasteiger partial charge in [-0.05, 0) is 48.2 Å². The van der Waals surface area contributed by atoms with Gasteiger partial charge in [-0.1, -0.05) is 121 Å². The fourth-order valence-corrected chi connectivity index (χ4v) is 5.09. The highest BCUT2D eigenvalue weighted by molar-refractivity contribution is 5.15. The van der Waals surface area contributed by atoms with Crippen LogP contribution in [0, 0.1) is 0 Å². The van der Waals surface area contributed by atoms with Crippen molar-refractivity contribution in [2.24, 2.45) is 0 Å². The maximum atomic E-state index is 6.14. The molecular formula is C40H53N3O4. The van der Waals surface area contributed by atoms with E-state index in [0.717, 1.165) is 39.0 Å². The zero-order valence-corrected chi connectivity index (χ0v) is 27.7. The topological polar surface area (TPSA) is 73.0 Å².